The zero-order chi connectivity index (χ0) is 13.6. The molecule has 2 N–H and O–H groups in total. The van der Waals surface area contributed by atoms with Crippen molar-refractivity contribution in [2.24, 2.45) is 0 Å². The lowest BCUT2D eigenvalue weighted by molar-refractivity contribution is 0.315. The summed E-state index contributed by atoms with van der Waals surface area (Å²) in [5.41, 5.74) is 0. The maximum atomic E-state index is 9.63. The minimum Gasteiger partial charge on any atom is -0.395 e. The van der Waals surface area contributed by atoms with E-state index >= 15 is 0 Å². The minimum absolute atomic E-state index is 0.529. The largest absolute Gasteiger partial charge is 0.395 e. The molecule has 0 spiro atoms. The highest BCUT2D eigenvalue weighted by atomic mass is 32.2. The van der Waals surface area contributed by atoms with Crippen LogP contribution in [0.5, 0.6) is 0 Å². The molecule has 0 amide bonds. The van der Waals surface area contributed by atoms with Crippen LogP contribution in [0.2, 0.25) is 0 Å². The van der Waals surface area contributed by atoms with Crippen LogP contribution < -0.4 is 0 Å². The molecule has 106 valence electrons. The maximum absolute atomic E-state index is 9.63. The van der Waals surface area contributed by atoms with Gasteiger partial charge in [-0.25, -0.2) is 0 Å². The Bertz CT molecular complexity index is 217. The first-order chi connectivity index (χ1) is 7.97. The number of unbranched alkanes of at least 4 members (excludes halogenated alkanes) is 7. The predicted octanol–water partition coefficient (Wildman–Crippen LogP) is 3.01. The van der Waals surface area contributed by atoms with Crippen LogP contribution in [0.4, 0.5) is 0 Å². The minimum atomic E-state index is -3.92. The highest BCUT2D eigenvalue weighted by Crippen LogP contribution is 2.07. The topological polar surface area (TPSA) is 74.6 Å². The van der Waals surface area contributed by atoms with Gasteiger partial charge in [0.2, 0.25) is 0 Å². The van der Waals surface area contributed by atoms with E-state index in [2.05, 4.69) is 13.8 Å². The molecular weight excluding hydrogens is 240 g/mol. The van der Waals surface area contributed by atoms with Gasteiger partial charge in [-0.15, -0.1) is 0 Å². The van der Waals surface area contributed by atoms with Gasteiger partial charge in [0.25, 0.3) is 10.1 Å². The average molecular weight is 268 g/mol. The van der Waals surface area contributed by atoms with Gasteiger partial charge < -0.3 is 5.11 Å². The Labute approximate surface area is 106 Å². The summed E-state index contributed by atoms with van der Waals surface area (Å²) in [7, 11) is -3.92. The molecule has 0 atom stereocenters. The van der Waals surface area contributed by atoms with E-state index in [9.17, 15) is 8.42 Å². The lowest BCUT2D eigenvalue weighted by atomic mass is 10.1. The van der Waals surface area contributed by atoms with Crippen molar-refractivity contribution in [3.05, 3.63) is 0 Å². The van der Waals surface area contributed by atoms with Gasteiger partial charge in [-0.05, 0) is 0 Å². The summed E-state index contributed by atoms with van der Waals surface area (Å²) in [5, 5.41) is 7.86. The van der Waals surface area contributed by atoms with E-state index in [0.717, 1.165) is 0 Å². The standard InChI is InChI=1S/C10H22.C2H6O4S/c1-3-5-7-9-10-8-6-4-2;3-1-2-7(4,5)6/h3-10H2,1-2H3;3H,1-2H2,(H,4,5,6). The van der Waals surface area contributed by atoms with E-state index in [1.165, 1.54) is 51.4 Å². The van der Waals surface area contributed by atoms with Gasteiger partial charge in [-0.1, -0.05) is 65.2 Å². The Morgan fingerprint density at radius 2 is 1.18 bits per heavy atom. The molecule has 0 bridgehead atoms. The molecule has 5 heteroatoms. The van der Waals surface area contributed by atoms with Crippen molar-refractivity contribution in [3.8, 4) is 0 Å². The van der Waals surface area contributed by atoms with Gasteiger partial charge >= 0.3 is 0 Å². The molecule has 0 aliphatic heterocycles. The third-order valence-corrected chi connectivity index (χ3v) is 3.00. The van der Waals surface area contributed by atoms with Crippen molar-refractivity contribution in [1.29, 1.82) is 0 Å². The molecule has 17 heavy (non-hydrogen) atoms. The van der Waals surface area contributed by atoms with Crippen molar-refractivity contribution in [2.75, 3.05) is 12.4 Å². The lowest BCUT2D eigenvalue weighted by Gasteiger charge is -1.97. The summed E-state index contributed by atoms with van der Waals surface area (Å²) >= 11 is 0. The molecule has 0 unspecified atom stereocenters. The van der Waals surface area contributed by atoms with E-state index in [1.807, 2.05) is 0 Å². The van der Waals surface area contributed by atoms with Crippen LogP contribution >= 0.6 is 0 Å². The van der Waals surface area contributed by atoms with Crippen molar-refractivity contribution in [1.82, 2.24) is 0 Å². The second kappa shape index (κ2) is 13.9. The van der Waals surface area contributed by atoms with Gasteiger partial charge in [-0.3, -0.25) is 4.55 Å². The fourth-order valence-electron chi connectivity index (χ4n) is 1.32. The second-order valence-electron chi connectivity index (χ2n) is 4.13. The molecule has 0 saturated heterocycles. The molecule has 0 aliphatic carbocycles. The Kier molecular flexibility index (Phi) is 15.7. The van der Waals surface area contributed by atoms with Crippen molar-refractivity contribution in [3.63, 3.8) is 0 Å². The van der Waals surface area contributed by atoms with Crippen LogP contribution in [0.25, 0.3) is 0 Å². The maximum Gasteiger partial charge on any atom is 0.267 e. The third-order valence-electron chi connectivity index (χ3n) is 2.31. The molecule has 0 radical (unpaired) electrons. The van der Waals surface area contributed by atoms with Gasteiger partial charge in [-0.2, -0.15) is 8.42 Å². The molecule has 0 aromatic heterocycles. The second-order valence-corrected chi connectivity index (χ2v) is 5.70. The van der Waals surface area contributed by atoms with Gasteiger partial charge in [0, 0.05) is 0 Å². The number of aliphatic hydroxyl groups excluding tert-OH is 1. The summed E-state index contributed by atoms with van der Waals surface area (Å²) in [6.07, 6.45) is 11.5. The lowest BCUT2D eigenvalue weighted by Crippen LogP contribution is -2.06. The molecule has 0 rings (SSSR count). The first-order valence-electron chi connectivity index (χ1n) is 6.54. The Hall–Kier alpha value is -0.130. The summed E-state index contributed by atoms with van der Waals surface area (Å²) in [6.45, 7) is 4.01. The van der Waals surface area contributed by atoms with E-state index in [4.69, 9.17) is 9.66 Å². The predicted molar refractivity (Wildman–Crippen MR) is 71.8 cm³/mol. The molecule has 0 fully saturated rings. The molecule has 0 aromatic carbocycles. The summed E-state index contributed by atoms with van der Waals surface area (Å²) in [6, 6.07) is 0. The van der Waals surface area contributed by atoms with Gasteiger partial charge in [0.1, 0.15) is 0 Å². The van der Waals surface area contributed by atoms with Crippen molar-refractivity contribution in [2.45, 2.75) is 65.2 Å². The Morgan fingerprint density at radius 3 is 1.35 bits per heavy atom. The van der Waals surface area contributed by atoms with Crippen LogP contribution in [0.15, 0.2) is 0 Å². The molecule has 4 nitrogen and oxygen atoms in total. The normalized spacial score (nSPS) is 10.8. The molecule has 0 heterocycles. The summed E-state index contributed by atoms with van der Waals surface area (Å²) in [4.78, 5) is 0. The Morgan fingerprint density at radius 1 is 0.824 bits per heavy atom. The van der Waals surface area contributed by atoms with E-state index in [-0.39, 0.29) is 0 Å². The summed E-state index contributed by atoms with van der Waals surface area (Å²) in [5.74, 6) is -0.576. The van der Waals surface area contributed by atoms with Gasteiger partial charge in [0.05, 0.1) is 12.4 Å². The monoisotopic (exact) mass is 268 g/mol. The summed E-state index contributed by atoms with van der Waals surface area (Å²) < 4.78 is 27.1. The van der Waals surface area contributed by atoms with Crippen molar-refractivity contribution < 1.29 is 18.1 Å². The third kappa shape index (κ3) is 25.8. The van der Waals surface area contributed by atoms with E-state index in [1.54, 1.807) is 0 Å². The van der Waals surface area contributed by atoms with Crippen LogP contribution in [-0.4, -0.2) is 30.4 Å². The number of hydrogen-bond donors (Lipinski definition) is 2. The zero-order valence-corrected chi connectivity index (χ0v) is 12.0. The zero-order valence-electron chi connectivity index (χ0n) is 11.2. The highest BCUT2D eigenvalue weighted by molar-refractivity contribution is 7.85. The number of hydrogen-bond acceptors (Lipinski definition) is 3. The quantitative estimate of drug-likeness (QED) is 0.498. The first-order valence-corrected chi connectivity index (χ1v) is 8.14. The Balaban J connectivity index is 0. The molecule has 0 saturated carbocycles. The fourth-order valence-corrected chi connectivity index (χ4v) is 1.55. The van der Waals surface area contributed by atoms with Crippen LogP contribution in [0.3, 0.4) is 0 Å². The smallest absolute Gasteiger partial charge is 0.267 e. The van der Waals surface area contributed by atoms with Crippen LogP contribution in [0.1, 0.15) is 65.2 Å². The first kappa shape index (κ1) is 19.2. The van der Waals surface area contributed by atoms with Gasteiger partial charge in [0.15, 0.2) is 0 Å². The SMILES string of the molecule is CCCCCCCCCC.O=S(=O)(O)CCO. The van der Waals surface area contributed by atoms with Crippen LogP contribution in [-0.2, 0) is 10.1 Å². The average Bonchev–Trinajstić information content (AvgIpc) is 2.22. The molecular formula is C12H28O4S. The number of rotatable bonds is 9. The fraction of sp³-hybridized carbons (Fsp3) is 1.00. The van der Waals surface area contributed by atoms with E-state index < -0.39 is 22.5 Å². The highest BCUT2D eigenvalue weighted by Gasteiger charge is 1.99. The molecule has 0 aliphatic rings. The van der Waals surface area contributed by atoms with Crippen LogP contribution in [0, 0.1) is 0 Å². The van der Waals surface area contributed by atoms with E-state index in [0.29, 0.717) is 0 Å². The van der Waals surface area contributed by atoms with Crippen molar-refractivity contribution >= 4 is 10.1 Å². The molecule has 0 aromatic rings. The number of aliphatic hydroxyl groups is 1.